The molecule has 1 aliphatic rings. The molecule has 0 aliphatic heterocycles. The second-order valence-corrected chi connectivity index (χ2v) is 6.83. The molecule has 0 spiro atoms. The van der Waals surface area contributed by atoms with Gasteiger partial charge < -0.3 is 14.8 Å². The molecular formula is C19H27N5O. The van der Waals surface area contributed by atoms with Crippen molar-refractivity contribution in [2.75, 3.05) is 12.4 Å². The predicted molar refractivity (Wildman–Crippen MR) is 98.5 cm³/mol. The summed E-state index contributed by atoms with van der Waals surface area (Å²) in [5.74, 6) is 1.81. The third-order valence-electron chi connectivity index (χ3n) is 5.22. The third-order valence-corrected chi connectivity index (χ3v) is 5.22. The fourth-order valence-corrected chi connectivity index (χ4v) is 3.43. The standard InChI is InChI=1S/C19H27N5O/c1-14-21-22-18(23(14)2)13-20-17-12-8-7-11-16(17)19(25)24(3)15-9-5-4-6-10-15/h7-8,11-12,15,20H,4-6,9-10,13H2,1-3H3. The molecule has 0 radical (unpaired) electrons. The molecule has 0 atom stereocenters. The summed E-state index contributed by atoms with van der Waals surface area (Å²) in [6.07, 6.45) is 5.93. The molecule has 25 heavy (non-hydrogen) atoms. The second kappa shape index (κ2) is 7.68. The molecule has 1 aromatic heterocycles. The van der Waals surface area contributed by atoms with Gasteiger partial charge >= 0.3 is 0 Å². The molecular weight excluding hydrogens is 314 g/mol. The summed E-state index contributed by atoms with van der Waals surface area (Å²) in [6, 6.07) is 8.06. The molecule has 1 aliphatic carbocycles. The fraction of sp³-hybridized carbons (Fsp3) is 0.526. The largest absolute Gasteiger partial charge is 0.377 e. The van der Waals surface area contributed by atoms with Gasteiger partial charge in [-0.05, 0) is 31.9 Å². The molecule has 3 rings (SSSR count). The van der Waals surface area contributed by atoms with E-state index in [-0.39, 0.29) is 5.91 Å². The van der Waals surface area contributed by atoms with Crippen LogP contribution in [0.5, 0.6) is 0 Å². The summed E-state index contributed by atoms with van der Waals surface area (Å²) < 4.78 is 1.95. The van der Waals surface area contributed by atoms with Crippen molar-refractivity contribution in [1.82, 2.24) is 19.7 Å². The molecule has 6 nitrogen and oxygen atoms in total. The van der Waals surface area contributed by atoms with E-state index in [4.69, 9.17) is 0 Å². The molecule has 1 aromatic carbocycles. The Kier molecular flexibility index (Phi) is 5.36. The Bertz CT molecular complexity index is 733. The van der Waals surface area contributed by atoms with Crippen LogP contribution in [0.2, 0.25) is 0 Å². The first-order chi connectivity index (χ1) is 12.1. The van der Waals surface area contributed by atoms with Gasteiger partial charge in [-0.25, -0.2) is 0 Å². The number of nitrogens with one attached hydrogen (secondary N) is 1. The lowest BCUT2D eigenvalue weighted by Crippen LogP contribution is -2.38. The Morgan fingerprint density at radius 1 is 1.24 bits per heavy atom. The number of nitrogens with zero attached hydrogens (tertiary/aromatic N) is 4. The Labute approximate surface area is 149 Å². The molecule has 1 saturated carbocycles. The topological polar surface area (TPSA) is 63.1 Å². The van der Waals surface area contributed by atoms with Gasteiger partial charge in [0.15, 0.2) is 5.82 Å². The van der Waals surface area contributed by atoms with Crippen LogP contribution in [-0.2, 0) is 13.6 Å². The van der Waals surface area contributed by atoms with Crippen molar-refractivity contribution in [3.63, 3.8) is 0 Å². The first-order valence-corrected chi connectivity index (χ1v) is 9.03. The summed E-state index contributed by atoms with van der Waals surface area (Å²) in [5.41, 5.74) is 1.56. The average Bonchev–Trinajstić information content (AvgIpc) is 2.98. The lowest BCUT2D eigenvalue weighted by molar-refractivity contribution is 0.0697. The van der Waals surface area contributed by atoms with Gasteiger partial charge in [0.1, 0.15) is 5.82 Å². The van der Waals surface area contributed by atoms with Crippen molar-refractivity contribution < 1.29 is 4.79 Å². The molecule has 2 aromatic rings. The summed E-state index contributed by atoms with van der Waals surface area (Å²) in [6.45, 7) is 2.46. The maximum absolute atomic E-state index is 13.0. The zero-order valence-electron chi connectivity index (χ0n) is 15.3. The predicted octanol–water partition coefficient (Wildman–Crippen LogP) is 3.14. The first-order valence-electron chi connectivity index (χ1n) is 9.03. The van der Waals surface area contributed by atoms with Crippen LogP contribution in [0, 0.1) is 6.92 Å². The minimum Gasteiger partial charge on any atom is -0.377 e. The molecule has 1 N–H and O–H groups in total. The Hall–Kier alpha value is -2.37. The van der Waals surface area contributed by atoms with Crippen molar-refractivity contribution in [3.05, 3.63) is 41.5 Å². The quantitative estimate of drug-likeness (QED) is 0.907. The van der Waals surface area contributed by atoms with Crippen molar-refractivity contribution in [2.24, 2.45) is 7.05 Å². The zero-order valence-corrected chi connectivity index (χ0v) is 15.3. The number of para-hydroxylation sites is 1. The van der Waals surface area contributed by atoms with E-state index in [1.807, 2.05) is 54.8 Å². The minimum atomic E-state index is 0.0872. The van der Waals surface area contributed by atoms with Crippen LogP contribution in [0.3, 0.4) is 0 Å². The highest BCUT2D eigenvalue weighted by Gasteiger charge is 2.24. The number of rotatable bonds is 5. The van der Waals surface area contributed by atoms with Gasteiger partial charge in [-0.3, -0.25) is 4.79 Å². The van der Waals surface area contributed by atoms with Gasteiger partial charge in [-0.15, -0.1) is 10.2 Å². The van der Waals surface area contributed by atoms with Crippen molar-refractivity contribution in [1.29, 1.82) is 0 Å². The second-order valence-electron chi connectivity index (χ2n) is 6.83. The maximum Gasteiger partial charge on any atom is 0.255 e. The van der Waals surface area contributed by atoms with Crippen molar-refractivity contribution >= 4 is 11.6 Å². The number of anilines is 1. The van der Waals surface area contributed by atoms with Gasteiger partial charge in [0.25, 0.3) is 5.91 Å². The molecule has 0 saturated heterocycles. The number of hydrogen-bond donors (Lipinski definition) is 1. The number of aromatic nitrogens is 3. The van der Waals surface area contributed by atoms with Crippen LogP contribution < -0.4 is 5.32 Å². The SMILES string of the molecule is Cc1nnc(CNc2ccccc2C(=O)N(C)C2CCCCC2)n1C. The summed E-state index contributed by atoms with van der Waals surface area (Å²) >= 11 is 0. The molecule has 1 amide bonds. The number of amides is 1. The fourth-order valence-electron chi connectivity index (χ4n) is 3.43. The number of benzene rings is 1. The number of carbonyl (C=O) groups is 1. The zero-order chi connectivity index (χ0) is 17.8. The van der Waals surface area contributed by atoms with E-state index >= 15 is 0 Å². The highest BCUT2D eigenvalue weighted by atomic mass is 16.2. The van der Waals surface area contributed by atoms with Crippen LogP contribution in [0.25, 0.3) is 0 Å². The van der Waals surface area contributed by atoms with Crippen molar-refractivity contribution in [2.45, 2.75) is 51.6 Å². The average molecular weight is 341 g/mol. The van der Waals surface area contributed by atoms with E-state index in [9.17, 15) is 4.79 Å². The smallest absolute Gasteiger partial charge is 0.255 e. The Balaban J connectivity index is 1.73. The number of hydrogen-bond acceptors (Lipinski definition) is 4. The van der Waals surface area contributed by atoms with Gasteiger partial charge in [-0.2, -0.15) is 0 Å². The van der Waals surface area contributed by atoms with E-state index in [1.54, 1.807) is 0 Å². The van der Waals surface area contributed by atoms with Crippen LogP contribution in [0.4, 0.5) is 5.69 Å². The number of carbonyl (C=O) groups excluding carboxylic acids is 1. The Morgan fingerprint density at radius 2 is 1.96 bits per heavy atom. The molecule has 0 bridgehead atoms. The molecule has 134 valence electrons. The highest BCUT2D eigenvalue weighted by Crippen LogP contribution is 2.25. The lowest BCUT2D eigenvalue weighted by Gasteiger charge is -2.31. The van der Waals surface area contributed by atoms with Crippen LogP contribution in [-0.4, -0.2) is 38.7 Å². The van der Waals surface area contributed by atoms with E-state index in [2.05, 4.69) is 15.5 Å². The summed E-state index contributed by atoms with van der Waals surface area (Å²) in [5, 5.41) is 11.6. The first kappa shape index (κ1) is 17.5. The van der Waals surface area contributed by atoms with Gasteiger partial charge in [-0.1, -0.05) is 31.4 Å². The van der Waals surface area contributed by atoms with E-state index in [0.717, 1.165) is 35.7 Å². The van der Waals surface area contributed by atoms with Gasteiger partial charge in [0.05, 0.1) is 12.1 Å². The van der Waals surface area contributed by atoms with Crippen LogP contribution >= 0.6 is 0 Å². The normalized spacial score (nSPS) is 15.2. The third kappa shape index (κ3) is 3.83. The molecule has 0 unspecified atom stereocenters. The highest BCUT2D eigenvalue weighted by molar-refractivity contribution is 5.99. The van der Waals surface area contributed by atoms with E-state index in [0.29, 0.717) is 12.6 Å². The van der Waals surface area contributed by atoms with Crippen LogP contribution in [0.1, 0.15) is 54.1 Å². The lowest BCUT2D eigenvalue weighted by atomic mass is 9.94. The summed E-state index contributed by atoms with van der Waals surface area (Å²) in [4.78, 5) is 14.9. The maximum atomic E-state index is 13.0. The monoisotopic (exact) mass is 341 g/mol. The number of aryl methyl sites for hydroxylation is 1. The minimum absolute atomic E-state index is 0.0872. The summed E-state index contributed by atoms with van der Waals surface area (Å²) in [7, 11) is 3.88. The van der Waals surface area contributed by atoms with Crippen molar-refractivity contribution in [3.8, 4) is 0 Å². The molecule has 6 heteroatoms. The van der Waals surface area contributed by atoms with Crippen LogP contribution in [0.15, 0.2) is 24.3 Å². The van der Waals surface area contributed by atoms with Gasteiger partial charge in [0.2, 0.25) is 0 Å². The molecule has 1 heterocycles. The van der Waals surface area contributed by atoms with E-state index in [1.165, 1.54) is 19.3 Å². The Morgan fingerprint density at radius 3 is 2.64 bits per heavy atom. The van der Waals surface area contributed by atoms with E-state index < -0.39 is 0 Å². The van der Waals surface area contributed by atoms with Gasteiger partial charge in [0, 0.05) is 25.8 Å². The molecule has 1 fully saturated rings.